The Morgan fingerprint density at radius 2 is 2.04 bits per heavy atom. The third kappa shape index (κ3) is 4.15. The van der Waals surface area contributed by atoms with Gasteiger partial charge in [0.2, 0.25) is 0 Å². The fraction of sp³-hybridized carbons (Fsp3) is 0.438. The summed E-state index contributed by atoms with van der Waals surface area (Å²) in [5.41, 5.74) is 0.208. The van der Waals surface area contributed by atoms with E-state index < -0.39 is 23.3 Å². The molecule has 130 valence electrons. The maximum absolute atomic E-state index is 11.9. The van der Waals surface area contributed by atoms with Crippen LogP contribution in [-0.2, 0) is 19.0 Å². The van der Waals surface area contributed by atoms with Crippen LogP contribution in [0.25, 0.3) is 0 Å². The van der Waals surface area contributed by atoms with Crippen molar-refractivity contribution < 1.29 is 28.7 Å². The van der Waals surface area contributed by atoms with Crippen molar-refractivity contribution >= 4 is 11.7 Å². The summed E-state index contributed by atoms with van der Waals surface area (Å²) in [6.45, 7) is 3.79. The number of hydrogen-bond donors (Lipinski definition) is 0. The van der Waals surface area contributed by atoms with Gasteiger partial charge < -0.3 is 18.9 Å². The summed E-state index contributed by atoms with van der Waals surface area (Å²) in [7, 11) is 0. The molecule has 1 heterocycles. The maximum Gasteiger partial charge on any atom is 0.347 e. The highest BCUT2D eigenvalue weighted by Crippen LogP contribution is 2.34. The second-order valence-electron chi connectivity index (χ2n) is 5.01. The van der Waals surface area contributed by atoms with Gasteiger partial charge >= 0.3 is 11.7 Å². The fourth-order valence-electron chi connectivity index (χ4n) is 2.19. The number of esters is 1. The van der Waals surface area contributed by atoms with Crippen LogP contribution in [0.3, 0.4) is 0 Å². The van der Waals surface area contributed by atoms with Gasteiger partial charge in [0.15, 0.2) is 11.9 Å². The molecule has 1 unspecified atom stereocenters. The number of hydrogen-bond acceptors (Lipinski definition) is 7. The van der Waals surface area contributed by atoms with Crippen molar-refractivity contribution in [1.82, 2.24) is 0 Å². The minimum absolute atomic E-state index is 0.00112. The zero-order valence-corrected chi connectivity index (χ0v) is 13.5. The number of benzene rings is 1. The average Bonchev–Trinajstić information content (AvgIpc) is 3.09. The van der Waals surface area contributed by atoms with Crippen molar-refractivity contribution in [3.8, 4) is 5.75 Å². The Hall–Kier alpha value is -2.77. The normalized spacial score (nSPS) is 14.6. The van der Waals surface area contributed by atoms with Crippen LogP contribution < -0.4 is 4.74 Å². The van der Waals surface area contributed by atoms with Crippen LogP contribution in [0.4, 0.5) is 5.69 Å². The lowest BCUT2D eigenvalue weighted by Crippen LogP contribution is -2.29. The molecule has 0 N–H and O–H groups in total. The van der Waals surface area contributed by atoms with Crippen LogP contribution in [-0.4, -0.2) is 23.6 Å². The summed E-state index contributed by atoms with van der Waals surface area (Å²) in [5, 5.41) is 11.3. The number of rotatable bonds is 8. The molecule has 0 fully saturated rings. The summed E-state index contributed by atoms with van der Waals surface area (Å²) in [4.78, 5) is 22.7. The van der Waals surface area contributed by atoms with Gasteiger partial charge in [0, 0.05) is 11.6 Å². The Kier molecular flexibility index (Phi) is 6.00. The molecule has 0 radical (unpaired) electrons. The van der Waals surface area contributed by atoms with Crippen molar-refractivity contribution in [2.45, 2.75) is 39.1 Å². The molecule has 0 saturated carbocycles. The van der Waals surface area contributed by atoms with Gasteiger partial charge in [-0.2, -0.15) is 0 Å². The largest absolute Gasteiger partial charge is 0.472 e. The van der Waals surface area contributed by atoms with Crippen molar-refractivity contribution in [2.75, 3.05) is 6.61 Å². The predicted octanol–water partition coefficient (Wildman–Crippen LogP) is 3.22. The lowest BCUT2D eigenvalue weighted by molar-refractivity contribution is -0.386. The van der Waals surface area contributed by atoms with Gasteiger partial charge in [-0.05, 0) is 25.5 Å². The standard InChI is InChI=1S/C16H19NO7/c1-3-5-14(15(18)21-4-2)24-13-7-6-11(10-12(13)17(19)20)16-22-8-9-23-16/h6-10,14,16H,3-5H2,1-2H3. The van der Waals surface area contributed by atoms with E-state index in [9.17, 15) is 14.9 Å². The van der Waals surface area contributed by atoms with E-state index in [2.05, 4.69) is 0 Å². The highest BCUT2D eigenvalue weighted by molar-refractivity contribution is 5.75. The van der Waals surface area contributed by atoms with Gasteiger partial charge in [0.1, 0.15) is 12.5 Å². The summed E-state index contributed by atoms with van der Waals surface area (Å²) in [6, 6.07) is 4.33. The molecule has 0 spiro atoms. The number of carbonyl (C=O) groups excluding carboxylic acids is 1. The van der Waals surface area contributed by atoms with E-state index in [1.54, 1.807) is 13.0 Å². The molecule has 1 aliphatic rings. The second-order valence-corrected chi connectivity index (χ2v) is 5.01. The first-order valence-corrected chi connectivity index (χ1v) is 7.64. The number of carbonyl (C=O) groups is 1. The molecule has 2 rings (SSSR count). The molecule has 8 heteroatoms. The van der Waals surface area contributed by atoms with Crippen molar-refractivity contribution in [2.24, 2.45) is 0 Å². The number of ether oxygens (including phenoxy) is 4. The highest BCUT2D eigenvalue weighted by Gasteiger charge is 2.27. The van der Waals surface area contributed by atoms with E-state index in [1.807, 2.05) is 6.92 Å². The number of nitrogens with zero attached hydrogens (tertiary/aromatic N) is 1. The van der Waals surface area contributed by atoms with E-state index in [4.69, 9.17) is 18.9 Å². The number of nitro benzene ring substituents is 1. The third-order valence-electron chi connectivity index (χ3n) is 3.28. The highest BCUT2D eigenvalue weighted by atomic mass is 16.7. The van der Waals surface area contributed by atoms with Gasteiger partial charge in [-0.25, -0.2) is 4.79 Å². The lowest BCUT2D eigenvalue weighted by atomic mass is 10.1. The summed E-state index contributed by atoms with van der Waals surface area (Å²) in [5.74, 6) is -0.536. The van der Waals surface area contributed by atoms with Crippen LogP contribution in [0.1, 0.15) is 38.5 Å². The molecule has 0 aromatic heterocycles. The Balaban J connectivity index is 2.24. The van der Waals surface area contributed by atoms with Crippen molar-refractivity contribution in [1.29, 1.82) is 0 Å². The quantitative estimate of drug-likeness (QED) is 0.408. The van der Waals surface area contributed by atoms with Gasteiger partial charge in [0.05, 0.1) is 11.5 Å². The topological polar surface area (TPSA) is 97.1 Å². The molecular formula is C16H19NO7. The molecule has 1 aliphatic heterocycles. The van der Waals surface area contributed by atoms with Crippen LogP contribution in [0.2, 0.25) is 0 Å². The van der Waals surface area contributed by atoms with E-state index in [-0.39, 0.29) is 18.0 Å². The van der Waals surface area contributed by atoms with Gasteiger partial charge in [-0.1, -0.05) is 13.3 Å². The first kappa shape index (κ1) is 17.6. The molecule has 0 bridgehead atoms. The third-order valence-corrected chi connectivity index (χ3v) is 3.28. The van der Waals surface area contributed by atoms with E-state index in [0.29, 0.717) is 18.4 Å². The molecule has 1 atom stereocenters. The Labute approximate surface area is 139 Å². The molecule has 24 heavy (non-hydrogen) atoms. The Bertz CT molecular complexity index is 621. The minimum Gasteiger partial charge on any atom is -0.472 e. The molecule has 0 aliphatic carbocycles. The zero-order valence-electron chi connectivity index (χ0n) is 13.5. The molecule has 1 aromatic carbocycles. The average molecular weight is 337 g/mol. The number of nitro groups is 1. The molecule has 1 aromatic rings. The van der Waals surface area contributed by atoms with Gasteiger partial charge in [0.25, 0.3) is 6.29 Å². The van der Waals surface area contributed by atoms with Crippen molar-refractivity contribution in [3.05, 3.63) is 46.4 Å². The second kappa shape index (κ2) is 8.19. The molecule has 8 nitrogen and oxygen atoms in total. The Morgan fingerprint density at radius 3 is 2.62 bits per heavy atom. The monoisotopic (exact) mass is 337 g/mol. The van der Waals surface area contributed by atoms with Crippen LogP contribution in [0.5, 0.6) is 5.75 Å². The van der Waals surface area contributed by atoms with Crippen molar-refractivity contribution in [3.63, 3.8) is 0 Å². The summed E-state index contributed by atoms with van der Waals surface area (Å²) in [6.07, 6.45) is 2.17. The van der Waals surface area contributed by atoms with E-state index in [0.717, 1.165) is 0 Å². The van der Waals surface area contributed by atoms with Crippen LogP contribution in [0.15, 0.2) is 30.7 Å². The van der Waals surface area contributed by atoms with Crippen LogP contribution >= 0.6 is 0 Å². The SMILES string of the molecule is CCCC(Oc1ccc(C2OC=CO2)cc1[N+](=O)[O-])C(=O)OCC. The zero-order chi connectivity index (χ0) is 17.5. The first-order valence-electron chi connectivity index (χ1n) is 7.64. The smallest absolute Gasteiger partial charge is 0.347 e. The molecule has 0 amide bonds. The van der Waals surface area contributed by atoms with Gasteiger partial charge in [-0.15, -0.1) is 0 Å². The van der Waals surface area contributed by atoms with Crippen LogP contribution in [0, 0.1) is 10.1 Å². The van der Waals surface area contributed by atoms with E-state index >= 15 is 0 Å². The molecule has 0 saturated heterocycles. The fourth-order valence-corrected chi connectivity index (χ4v) is 2.19. The van der Waals surface area contributed by atoms with Gasteiger partial charge in [-0.3, -0.25) is 10.1 Å². The Morgan fingerprint density at radius 1 is 1.33 bits per heavy atom. The van der Waals surface area contributed by atoms with E-state index in [1.165, 1.54) is 24.7 Å². The summed E-state index contributed by atoms with van der Waals surface area (Å²) >= 11 is 0. The molecular weight excluding hydrogens is 318 g/mol. The minimum atomic E-state index is -0.889. The lowest BCUT2D eigenvalue weighted by Gasteiger charge is -2.18. The predicted molar refractivity (Wildman–Crippen MR) is 83.1 cm³/mol. The summed E-state index contributed by atoms with van der Waals surface area (Å²) < 4.78 is 20.8. The maximum atomic E-state index is 11.9. The first-order chi connectivity index (χ1) is 11.6.